The summed E-state index contributed by atoms with van der Waals surface area (Å²) >= 11 is 0. The lowest BCUT2D eigenvalue weighted by atomic mass is 9.77. The monoisotopic (exact) mass is 240 g/mol. The first kappa shape index (κ1) is 14.5. The van der Waals surface area contributed by atoms with Crippen molar-refractivity contribution >= 4 is 5.91 Å². The third kappa shape index (κ3) is 3.98. The smallest absolute Gasteiger partial charge is 0.240 e. The SMILES string of the molecule is CN(CC(C)(C)C)C(=O)C1NCCCC1(C)C. The van der Waals surface area contributed by atoms with Crippen molar-refractivity contribution in [3.8, 4) is 0 Å². The Morgan fingerprint density at radius 3 is 2.47 bits per heavy atom. The Morgan fingerprint density at radius 1 is 1.41 bits per heavy atom. The molecule has 0 aromatic rings. The maximum Gasteiger partial charge on any atom is 0.240 e. The summed E-state index contributed by atoms with van der Waals surface area (Å²) in [6, 6.07) is -0.0244. The van der Waals surface area contributed by atoms with Crippen LogP contribution in [0.4, 0.5) is 0 Å². The minimum Gasteiger partial charge on any atom is -0.344 e. The molecule has 1 N–H and O–H groups in total. The Labute approximate surface area is 106 Å². The number of hydrogen-bond acceptors (Lipinski definition) is 2. The molecule has 1 fully saturated rings. The quantitative estimate of drug-likeness (QED) is 0.803. The predicted octanol–water partition coefficient (Wildman–Crippen LogP) is 2.27. The number of carbonyl (C=O) groups is 1. The molecule has 100 valence electrons. The van der Waals surface area contributed by atoms with Crippen LogP contribution in [0, 0.1) is 10.8 Å². The summed E-state index contributed by atoms with van der Waals surface area (Å²) in [5.41, 5.74) is 0.227. The summed E-state index contributed by atoms with van der Waals surface area (Å²) in [6.07, 6.45) is 2.29. The number of likely N-dealkylation sites (N-methyl/N-ethyl adjacent to an activating group) is 1. The molecule has 0 aromatic heterocycles. The van der Waals surface area contributed by atoms with Crippen molar-refractivity contribution in [3.63, 3.8) is 0 Å². The number of nitrogens with one attached hydrogen (secondary N) is 1. The van der Waals surface area contributed by atoms with Crippen LogP contribution in [0.1, 0.15) is 47.5 Å². The number of piperidine rings is 1. The first-order valence-corrected chi connectivity index (χ1v) is 6.62. The van der Waals surface area contributed by atoms with E-state index in [1.807, 2.05) is 11.9 Å². The van der Waals surface area contributed by atoms with Gasteiger partial charge in [-0.05, 0) is 30.2 Å². The molecule has 1 saturated heterocycles. The Kier molecular flexibility index (Phi) is 4.23. The van der Waals surface area contributed by atoms with Crippen LogP contribution in [0.3, 0.4) is 0 Å². The summed E-state index contributed by atoms with van der Waals surface area (Å²) in [5, 5.41) is 3.38. The molecule has 17 heavy (non-hydrogen) atoms. The summed E-state index contributed by atoms with van der Waals surface area (Å²) in [5.74, 6) is 0.240. The van der Waals surface area contributed by atoms with Crippen molar-refractivity contribution in [2.24, 2.45) is 10.8 Å². The highest BCUT2D eigenvalue weighted by Gasteiger charge is 2.38. The molecule has 1 heterocycles. The molecule has 1 rings (SSSR count). The number of hydrogen-bond donors (Lipinski definition) is 1. The third-order valence-corrected chi connectivity index (χ3v) is 3.46. The van der Waals surface area contributed by atoms with Crippen LogP contribution in [0.2, 0.25) is 0 Å². The fourth-order valence-corrected chi connectivity index (χ4v) is 2.64. The summed E-state index contributed by atoms with van der Waals surface area (Å²) in [6.45, 7) is 12.6. The molecular formula is C14H28N2O. The lowest BCUT2D eigenvalue weighted by Gasteiger charge is -2.41. The maximum absolute atomic E-state index is 12.5. The van der Waals surface area contributed by atoms with Gasteiger partial charge in [0.15, 0.2) is 0 Å². The van der Waals surface area contributed by atoms with Gasteiger partial charge in [0.05, 0.1) is 6.04 Å². The van der Waals surface area contributed by atoms with E-state index < -0.39 is 0 Å². The normalized spacial score (nSPS) is 24.5. The van der Waals surface area contributed by atoms with Gasteiger partial charge >= 0.3 is 0 Å². The maximum atomic E-state index is 12.5. The number of rotatable bonds is 2. The highest BCUT2D eigenvalue weighted by atomic mass is 16.2. The van der Waals surface area contributed by atoms with Gasteiger partial charge in [-0.3, -0.25) is 4.79 Å². The molecule has 0 saturated carbocycles. The van der Waals surface area contributed by atoms with Gasteiger partial charge in [0, 0.05) is 13.6 Å². The molecule has 0 aliphatic carbocycles. The molecule has 1 atom stereocenters. The highest BCUT2D eigenvalue weighted by Crippen LogP contribution is 2.31. The highest BCUT2D eigenvalue weighted by molar-refractivity contribution is 5.82. The van der Waals surface area contributed by atoms with Crippen molar-refractivity contribution in [1.29, 1.82) is 0 Å². The van der Waals surface area contributed by atoms with Gasteiger partial charge in [-0.15, -0.1) is 0 Å². The Balaban J connectivity index is 2.68. The zero-order chi connectivity index (χ0) is 13.3. The molecule has 0 radical (unpaired) electrons. The van der Waals surface area contributed by atoms with Gasteiger partial charge < -0.3 is 10.2 Å². The average molecular weight is 240 g/mol. The molecule has 1 aliphatic heterocycles. The van der Waals surface area contributed by atoms with E-state index in [0.29, 0.717) is 0 Å². The zero-order valence-electron chi connectivity index (χ0n) is 12.3. The van der Waals surface area contributed by atoms with Crippen molar-refractivity contribution in [2.45, 2.75) is 53.5 Å². The van der Waals surface area contributed by atoms with Crippen LogP contribution in [0.25, 0.3) is 0 Å². The van der Waals surface area contributed by atoms with Gasteiger partial charge in [-0.25, -0.2) is 0 Å². The van der Waals surface area contributed by atoms with E-state index in [0.717, 1.165) is 19.5 Å². The first-order valence-electron chi connectivity index (χ1n) is 6.62. The van der Waals surface area contributed by atoms with Gasteiger partial charge in [0.2, 0.25) is 5.91 Å². The summed E-state index contributed by atoms with van der Waals surface area (Å²) in [7, 11) is 1.92. The third-order valence-electron chi connectivity index (χ3n) is 3.46. The summed E-state index contributed by atoms with van der Waals surface area (Å²) in [4.78, 5) is 14.3. The summed E-state index contributed by atoms with van der Waals surface area (Å²) < 4.78 is 0. The molecule has 0 aromatic carbocycles. The largest absolute Gasteiger partial charge is 0.344 e. The zero-order valence-corrected chi connectivity index (χ0v) is 12.3. The van der Waals surface area contributed by atoms with Crippen molar-refractivity contribution in [1.82, 2.24) is 10.2 Å². The standard InChI is InChI=1S/C14H28N2O/c1-13(2,3)10-16(6)12(17)11-14(4,5)8-7-9-15-11/h11,15H,7-10H2,1-6H3. The molecule has 1 unspecified atom stereocenters. The Morgan fingerprint density at radius 2 is 2.00 bits per heavy atom. The number of amides is 1. The Hall–Kier alpha value is -0.570. The second-order valence-electron chi connectivity index (χ2n) is 7.23. The molecule has 0 spiro atoms. The average Bonchev–Trinajstić information content (AvgIpc) is 2.13. The van der Waals surface area contributed by atoms with Crippen LogP contribution in [0.15, 0.2) is 0 Å². The van der Waals surface area contributed by atoms with Crippen LogP contribution in [-0.2, 0) is 4.79 Å². The molecular weight excluding hydrogens is 212 g/mol. The molecule has 3 heteroatoms. The number of carbonyl (C=O) groups excluding carboxylic acids is 1. The van der Waals surface area contributed by atoms with Crippen LogP contribution in [-0.4, -0.2) is 37.0 Å². The molecule has 0 bridgehead atoms. The van der Waals surface area contributed by atoms with Crippen molar-refractivity contribution in [3.05, 3.63) is 0 Å². The van der Waals surface area contributed by atoms with Gasteiger partial charge in [-0.1, -0.05) is 34.6 Å². The van der Waals surface area contributed by atoms with Gasteiger partial charge in [-0.2, -0.15) is 0 Å². The van der Waals surface area contributed by atoms with E-state index in [4.69, 9.17) is 0 Å². The molecule has 1 amide bonds. The van der Waals surface area contributed by atoms with Crippen LogP contribution < -0.4 is 5.32 Å². The molecule has 3 nitrogen and oxygen atoms in total. The molecule has 1 aliphatic rings. The second kappa shape index (κ2) is 4.97. The van der Waals surface area contributed by atoms with Gasteiger partial charge in [0.1, 0.15) is 0 Å². The van der Waals surface area contributed by atoms with E-state index in [1.54, 1.807) is 0 Å². The van der Waals surface area contributed by atoms with E-state index >= 15 is 0 Å². The Bertz CT molecular complexity index is 278. The lowest BCUT2D eigenvalue weighted by Crippen LogP contribution is -2.56. The van der Waals surface area contributed by atoms with Crippen LogP contribution >= 0.6 is 0 Å². The predicted molar refractivity (Wildman–Crippen MR) is 71.9 cm³/mol. The fourth-order valence-electron chi connectivity index (χ4n) is 2.64. The lowest BCUT2D eigenvalue weighted by molar-refractivity contribution is -0.137. The van der Waals surface area contributed by atoms with E-state index in [-0.39, 0.29) is 22.8 Å². The van der Waals surface area contributed by atoms with E-state index in [1.165, 1.54) is 6.42 Å². The van der Waals surface area contributed by atoms with E-state index in [2.05, 4.69) is 39.9 Å². The topological polar surface area (TPSA) is 32.3 Å². The first-order chi connectivity index (χ1) is 7.63. The number of nitrogens with zero attached hydrogens (tertiary/aromatic N) is 1. The van der Waals surface area contributed by atoms with Crippen molar-refractivity contribution < 1.29 is 4.79 Å². The fraction of sp³-hybridized carbons (Fsp3) is 0.929. The second-order valence-corrected chi connectivity index (χ2v) is 7.23. The minimum atomic E-state index is -0.0244. The van der Waals surface area contributed by atoms with Crippen molar-refractivity contribution in [2.75, 3.05) is 20.1 Å². The van der Waals surface area contributed by atoms with Crippen LogP contribution in [0.5, 0.6) is 0 Å². The minimum absolute atomic E-state index is 0.0244. The van der Waals surface area contributed by atoms with E-state index in [9.17, 15) is 4.79 Å². The van der Waals surface area contributed by atoms with Gasteiger partial charge in [0.25, 0.3) is 0 Å².